The molecule has 0 saturated carbocycles. The predicted molar refractivity (Wildman–Crippen MR) is 119 cm³/mol. The maximum absolute atomic E-state index is 15.0. The van der Waals surface area contributed by atoms with E-state index < -0.39 is 38.7 Å². The Morgan fingerprint density at radius 2 is 2.09 bits per heavy atom. The van der Waals surface area contributed by atoms with Gasteiger partial charge in [0.15, 0.2) is 5.82 Å². The number of aromatic nitrogens is 2. The normalized spacial score (nSPS) is 11.9. The molecule has 0 aliphatic carbocycles. The first kappa shape index (κ1) is 23.2. The summed E-state index contributed by atoms with van der Waals surface area (Å²) in [5, 5.41) is 8.38. The van der Waals surface area contributed by atoms with Gasteiger partial charge in [-0.1, -0.05) is 6.92 Å². The number of nitrogens with one attached hydrogen (secondary N) is 3. The standard InChI is InChI=1S/C21H21F2N5O3S/c1-3-8-32(30,31)28-17-5-4-15(22)18(19(17)23)20(29)14-11-27-21-13(14)9-12(10-26-21)16(24)6-7-25-2/h4-5,7,9-11,24,28H,3,6,8H2,1-2H3,(H,26,27). The molecule has 1 aromatic carbocycles. The minimum absolute atomic E-state index is 0.0577. The lowest BCUT2D eigenvalue weighted by Gasteiger charge is -2.11. The topological polar surface area (TPSA) is 128 Å². The van der Waals surface area contributed by atoms with Gasteiger partial charge in [-0.3, -0.25) is 9.52 Å². The molecular formula is C21H21F2N5O3S. The maximum atomic E-state index is 15.0. The van der Waals surface area contributed by atoms with Crippen molar-refractivity contribution in [3.63, 3.8) is 0 Å². The second-order valence-corrected chi connectivity index (χ2v) is 8.82. The van der Waals surface area contributed by atoms with E-state index in [1.807, 2.05) is 0 Å². The van der Waals surface area contributed by atoms with Crippen molar-refractivity contribution in [2.75, 3.05) is 17.5 Å². The van der Waals surface area contributed by atoms with E-state index in [9.17, 15) is 17.6 Å². The van der Waals surface area contributed by atoms with Crippen LogP contribution in [0.5, 0.6) is 0 Å². The number of anilines is 1. The summed E-state index contributed by atoms with van der Waals surface area (Å²) >= 11 is 0. The fourth-order valence-corrected chi connectivity index (χ4v) is 4.25. The van der Waals surface area contributed by atoms with Crippen molar-refractivity contribution in [3.8, 4) is 0 Å². The first-order valence-electron chi connectivity index (χ1n) is 9.67. The third kappa shape index (κ3) is 4.72. The van der Waals surface area contributed by atoms with Crippen LogP contribution < -0.4 is 4.72 Å². The van der Waals surface area contributed by atoms with Crippen molar-refractivity contribution >= 4 is 44.5 Å². The number of ketones is 1. The van der Waals surface area contributed by atoms with Gasteiger partial charge >= 0.3 is 0 Å². The summed E-state index contributed by atoms with van der Waals surface area (Å²) in [5.74, 6) is -3.67. The van der Waals surface area contributed by atoms with E-state index in [0.717, 1.165) is 12.1 Å². The number of pyridine rings is 1. The van der Waals surface area contributed by atoms with Gasteiger partial charge in [0, 0.05) is 54.3 Å². The van der Waals surface area contributed by atoms with E-state index >= 15 is 4.39 Å². The van der Waals surface area contributed by atoms with E-state index in [-0.39, 0.29) is 28.8 Å². The Hall–Kier alpha value is -3.47. The van der Waals surface area contributed by atoms with Crippen LogP contribution in [-0.2, 0) is 10.0 Å². The zero-order valence-corrected chi connectivity index (χ0v) is 18.2. The predicted octanol–water partition coefficient (Wildman–Crippen LogP) is 3.68. The van der Waals surface area contributed by atoms with Crippen LogP contribution in [0.2, 0.25) is 0 Å². The molecule has 0 fully saturated rings. The Bertz CT molecular complexity index is 1330. The van der Waals surface area contributed by atoms with E-state index in [0.29, 0.717) is 17.6 Å². The number of carbonyl (C=O) groups excluding carboxylic acids is 1. The minimum Gasteiger partial charge on any atom is -0.345 e. The quantitative estimate of drug-likeness (QED) is 0.332. The molecule has 0 atom stereocenters. The third-order valence-corrected chi connectivity index (χ3v) is 6.14. The zero-order valence-electron chi connectivity index (χ0n) is 17.4. The first-order valence-corrected chi connectivity index (χ1v) is 11.3. The number of fused-ring (bicyclic) bond motifs is 1. The van der Waals surface area contributed by atoms with Crippen molar-refractivity contribution in [1.82, 2.24) is 9.97 Å². The Kier molecular flexibility index (Phi) is 6.78. The molecular weight excluding hydrogens is 440 g/mol. The second-order valence-electron chi connectivity index (χ2n) is 6.98. The average Bonchev–Trinajstić information content (AvgIpc) is 3.17. The zero-order chi connectivity index (χ0) is 23.5. The second kappa shape index (κ2) is 9.35. The smallest absolute Gasteiger partial charge is 0.232 e. The maximum Gasteiger partial charge on any atom is 0.232 e. The van der Waals surface area contributed by atoms with E-state index in [1.54, 1.807) is 20.2 Å². The molecule has 3 N–H and O–H groups in total. The number of rotatable bonds is 9. The van der Waals surface area contributed by atoms with Gasteiger partial charge in [0.25, 0.3) is 0 Å². The monoisotopic (exact) mass is 461 g/mol. The summed E-state index contributed by atoms with van der Waals surface area (Å²) < 4.78 is 55.6. The Morgan fingerprint density at radius 3 is 2.78 bits per heavy atom. The number of hydrogen-bond donors (Lipinski definition) is 3. The van der Waals surface area contributed by atoms with Crippen molar-refractivity contribution in [1.29, 1.82) is 5.41 Å². The summed E-state index contributed by atoms with van der Waals surface area (Å²) in [6, 6.07) is 3.29. The molecule has 3 aromatic rings. The van der Waals surface area contributed by atoms with Crippen LogP contribution in [0, 0.1) is 17.0 Å². The van der Waals surface area contributed by atoms with Gasteiger partial charge in [0.2, 0.25) is 15.8 Å². The molecule has 32 heavy (non-hydrogen) atoms. The van der Waals surface area contributed by atoms with E-state index in [2.05, 4.69) is 19.7 Å². The van der Waals surface area contributed by atoms with Crippen LogP contribution in [0.4, 0.5) is 14.5 Å². The number of halogens is 2. The molecule has 3 rings (SSSR count). The van der Waals surface area contributed by atoms with Crippen LogP contribution in [0.25, 0.3) is 11.0 Å². The fraction of sp³-hybridized carbons (Fsp3) is 0.238. The first-order chi connectivity index (χ1) is 15.2. The van der Waals surface area contributed by atoms with Crippen LogP contribution in [0.3, 0.4) is 0 Å². The van der Waals surface area contributed by atoms with Crippen LogP contribution in [-0.4, -0.2) is 48.9 Å². The largest absolute Gasteiger partial charge is 0.345 e. The number of carbonyl (C=O) groups is 1. The van der Waals surface area contributed by atoms with E-state index in [1.165, 1.54) is 18.5 Å². The highest BCUT2D eigenvalue weighted by molar-refractivity contribution is 7.92. The highest BCUT2D eigenvalue weighted by atomic mass is 32.2. The van der Waals surface area contributed by atoms with Gasteiger partial charge in [0.1, 0.15) is 11.5 Å². The molecule has 0 bridgehead atoms. The molecule has 0 saturated heterocycles. The molecule has 2 heterocycles. The highest BCUT2D eigenvalue weighted by Gasteiger charge is 2.26. The molecule has 2 aromatic heterocycles. The number of benzene rings is 1. The van der Waals surface area contributed by atoms with Crippen LogP contribution in [0.1, 0.15) is 41.3 Å². The molecule has 0 aliphatic heterocycles. The number of aliphatic imine (C=N–C) groups is 1. The van der Waals surface area contributed by atoms with Crippen LogP contribution >= 0.6 is 0 Å². The summed E-state index contributed by atoms with van der Waals surface area (Å²) in [5.41, 5.74) is -0.529. The average molecular weight is 461 g/mol. The molecule has 11 heteroatoms. The van der Waals surface area contributed by atoms with Gasteiger partial charge in [0.05, 0.1) is 17.0 Å². The van der Waals surface area contributed by atoms with Crippen molar-refractivity contribution in [2.24, 2.45) is 4.99 Å². The van der Waals surface area contributed by atoms with Gasteiger partial charge in [-0.05, 0) is 24.6 Å². The Labute approximate surface area is 183 Å². The lowest BCUT2D eigenvalue weighted by atomic mass is 10.00. The molecule has 0 radical (unpaired) electrons. The van der Waals surface area contributed by atoms with E-state index in [4.69, 9.17) is 5.41 Å². The van der Waals surface area contributed by atoms with Crippen molar-refractivity contribution in [3.05, 3.63) is 58.9 Å². The molecule has 0 amide bonds. The Morgan fingerprint density at radius 1 is 1.34 bits per heavy atom. The number of H-pyrrole nitrogens is 1. The van der Waals surface area contributed by atoms with Gasteiger partial charge in [-0.15, -0.1) is 0 Å². The number of aromatic amines is 1. The lowest BCUT2D eigenvalue weighted by Crippen LogP contribution is -2.18. The molecule has 0 spiro atoms. The number of hydrogen-bond acceptors (Lipinski definition) is 6. The number of nitrogens with zero attached hydrogens (tertiary/aromatic N) is 2. The SMILES string of the molecule is CCCS(=O)(=O)Nc1ccc(F)c(C(=O)c2c[nH]c3ncc(C(=N)CC=NC)cc23)c1F. The van der Waals surface area contributed by atoms with Gasteiger partial charge in [-0.25, -0.2) is 22.2 Å². The third-order valence-electron chi connectivity index (χ3n) is 4.66. The summed E-state index contributed by atoms with van der Waals surface area (Å²) in [6.45, 7) is 1.64. The Balaban J connectivity index is 2.05. The van der Waals surface area contributed by atoms with Crippen molar-refractivity contribution in [2.45, 2.75) is 19.8 Å². The summed E-state index contributed by atoms with van der Waals surface area (Å²) in [4.78, 5) is 23.8. The summed E-state index contributed by atoms with van der Waals surface area (Å²) in [7, 11) is -2.27. The van der Waals surface area contributed by atoms with Crippen LogP contribution in [0.15, 0.2) is 35.6 Å². The molecule has 0 unspecified atom stereocenters. The highest BCUT2D eigenvalue weighted by Crippen LogP contribution is 2.28. The fourth-order valence-electron chi connectivity index (χ4n) is 3.12. The summed E-state index contributed by atoms with van der Waals surface area (Å²) in [6.07, 6.45) is 4.82. The molecule has 168 valence electrons. The molecule has 8 nitrogen and oxygen atoms in total. The van der Waals surface area contributed by atoms with Gasteiger partial charge in [-0.2, -0.15) is 0 Å². The number of sulfonamides is 1. The van der Waals surface area contributed by atoms with Crippen molar-refractivity contribution < 1.29 is 22.0 Å². The lowest BCUT2D eigenvalue weighted by molar-refractivity contribution is 0.103. The van der Waals surface area contributed by atoms with Gasteiger partial charge < -0.3 is 15.4 Å². The minimum atomic E-state index is -3.85. The molecule has 0 aliphatic rings.